The average molecular weight is 314 g/mol. The number of benzene rings is 3. The van der Waals surface area contributed by atoms with Crippen LogP contribution in [0.4, 0.5) is 0 Å². The van der Waals surface area contributed by atoms with Gasteiger partial charge in [0.15, 0.2) is 0 Å². The predicted octanol–water partition coefficient (Wildman–Crippen LogP) is 5.66. The monoisotopic (exact) mass is 313 g/mol. The van der Waals surface area contributed by atoms with E-state index >= 15 is 0 Å². The fourth-order valence-corrected chi connectivity index (χ4v) is 3.63. The molecular formula is C18H16ClNS. The molecule has 1 nitrogen and oxygen atoms in total. The molecule has 21 heavy (non-hydrogen) atoms. The molecule has 0 aromatic heterocycles. The Morgan fingerprint density at radius 2 is 1.57 bits per heavy atom. The number of nitrogens with two attached hydrogens (primary N) is 1. The average Bonchev–Trinajstić information content (AvgIpc) is 2.47. The highest BCUT2D eigenvalue weighted by molar-refractivity contribution is 7.99. The summed E-state index contributed by atoms with van der Waals surface area (Å²) in [7, 11) is 0. The summed E-state index contributed by atoms with van der Waals surface area (Å²) in [6.07, 6.45) is 0. The summed E-state index contributed by atoms with van der Waals surface area (Å²) in [5.74, 6) is 0. The normalized spacial score (nSPS) is 12.5. The van der Waals surface area contributed by atoms with E-state index < -0.39 is 0 Å². The van der Waals surface area contributed by atoms with Crippen molar-refractivity contribution in [3.8, 4) is 0 Å². The topological polar surface area (TPSA) is 26.0 Å². The van der Waals surface area contributed by atoms with Gasteiger partial charge in [-0.2, -0.15) is 0 Å². The zero-order valence-electron chi connectivity index (χ0n) is 11.7. The Hall–Kier alpha value is -1.48. The molecule has 1 atom stereocenters. The van der Waals surface area contributed by atoms with Gasteiger partial charge in [0.05, 0.1) is 0 Å². The maximum atomic E-state index is 6.29. The SMILES string of the molecule is CC(N)c1ccc(Sc2ccc3ccccc3c2)cc1Cl. The van der Waals surface area contributed by atoms with Gasteiger partial charge in [0.1, 0.15) is 0 Å². The number of hydrogen-bond donors (Lipinski definition) is 1. The summed E-state index contributed by atoms with van der Waals surface area (Å²) in [6.45, 7) is 1.94. The number of fused-ring (bicyclic) bond motifs is 1. The highest BCUT2D eigenvalue weighted by Crippen LogP contribution is 2.33. The summed E-state index contributed by atoms with van der Waals surface area (Å²) < 4.78 is 0. The van der Waals surface area contributed by atoms with E-state index in [1.807, 2.05) is 19.1 Å². The molecule has 0 aliphatic heterocycles. The minimum absolute atomic E-state index is 0.0442. The zero-order chi connectivity index (χ0) is 14.8. The van der Waals surface area contributed by atoms with E-state index in [-0.39, 0.29) is 6.04 Å². The van der Waals surface area contributed by atoms with Crippen molar-refractivity contribution in [1.29, 1.82) is 0 Å². The van der Waals surface area contributed by atoms with Crippen LogP contribution in [0.2, 0.25) is 5.02 Å². The van der Waals surface area contributed by atoms with Crippen LogP contribution in [0.5, 0.6) is 0 Å². The lowest BCUT2D eigenvalue weighted by molar-refractivity contribution is 0.817. The van der Waals surface area contributed by atoms with Gasteiger partial charge in [-0.05, 0) is 47.5 Å². The van der Waals surface area contributed by atoms with Crippen molar-refractivity contribution < 1.29 is 0 Å². The molecule has 106 valence electrons. The molecule has 0 aliphatic carbocycles. The van der Waals surface area contributed by atoms with Crippen molar-refractivity contribution in [3.05, 3.63) is 71.2 Å². The quantitative estimate of drug-likeness (QED) is 0.674. The van der Waals surface area contributed by atoms with Crippen molar-refractivity contribution in [2.24, 2.45) is 5.73 Å². The first-order valence-corrected chi connectivity index (χ1v) is 8.04. The molecule has 0 radical (unpaired) electrons. The third-order valence-corrected chi connectivity index (χ3v) is 4.73. The van der Waals surface area contributed by atoms with E-state index in [4.69, 9.17) is 17.3 Å². The summed E-state index contributed by atoms with van der Waals surface area (Å²) in [6, 6.07) is 20.9. The van der Waals surface area contributed by atoms with E-state index in [0.29, 0.717) is 0 Å². The summed E-state index contributed by atoms with van der Waals surface area (Å²) in [5, 5.41) is 3.24. The number of hydrogen-bond acceptors (Lipinski definition) is 2. The van der Waals surface area contributed by atoms with Crippen LogP contribution in [0, 0.1) is 0 Å². The van der Waals surface area contributed by atoms with Gasteiger partial charge in [-0.1, -0.05) is 59.8 Å². The second-order valence-corrected chi connectivity index (χ2v) is 6.64. The molecule has 3 aromatic rings. The summed E-state index contributed by atoms with van der Waals surface area (Å²) in [5.41, 5.74) is 6.87. The Kier molecular flexibility index (Phi) is 4.20. The molecule has 2 N–H and O–H groups in total. The first kappa shape index (κ1) is 14.5. The van der Waals surface area contributed by atoms with Gasteiger partial charge in [-0.15, -0.1) is 0 Å². The van der Waals surface area contributed by atoms with Crippen molar-refractivity contribution in [2.45, 2.75) is 22.8 Å². The molecule has 0 spiro atoms. The third-order valence-electron chi connectivity index (χ3n) is 3.42. The highest BCUT2D eigenvalue weighted by atomic mass is 35.5. The smallest absolute Gasteiger partial charge is 0.0464 e. The van der Waals surface area contributed by atoms with Crippen LogP contribution < -0.4 is 5.73 Å². The molecule has 3 rings (SSSR count). The molecule has 0 heterocycles. The van der Waals surface area contributed by atoms with Crippen molar-refractivity contribution in [1.82, 2.24) is 0 Å². The molecule has 1 unspecified atom stereocenters. The summed E-state index contributed by atoms with van der Waals surface area (Å²) >= 11 is 8.00. The van der Waals surface area contributed by atoms with Crippen LogP contribution in [-0.4, -0.2) is 0 Å². The van der Waals surface area contributed by atoms with Crippen molar-refractivity contribution in [3.63, 3.8) is 0 Å². The molecule has 0 bridgehead atoms. The van der Waals surface area contributed by atoms with E-state index in [9.17, 15) is 0 Å². The number of halogens is 1. The minimum atomic E-state index is -0.0442. The molecular weight excluding hydrogens is 298 g/mol. The Labute approximate surface area is 134 Å². The zero-order valence-corrected chi connectivity index (χ0v) is 13.3. The lowest BCUT2D eigenvalue weighted by atomic mass is 10.1. The first-order chi connectivity index (χ1) is 10.1. The van der Waals surface area contributed by atoms with E-state index in [1.54, 1.807) is 11.8 Å². The standard InChI is InChI=1S/C18H16ClNS/c1-12(20)17-9-8-16(11-18(17)19)21-15-7-6-13-4-2-3-5-14(13)10-15/h2-12H,20H2,1H3. The maximum absolute atomic E-state index is 6.29. The van der Waals surface area contributed by atoms with Crippen molar-refractivity contribution >= 4 is 34.1 Å². The molecule has 0 aliphatic rings. The van der Waals surface area contributed by atoms with Crippen LogP contribution in [0.15, 0.2) is 70.5 Å². The Morgan fingerprint density at radius 1 is 0.905 bits per heavy atom. The fraction of sp³-hybridized carbons (Fsp3) is 0.111. The van der Waals surface area contributed by atoms with E-state index in [2.05, 4.69) is 48.5 Å². The van der Waals surface area contributed by atoms with Gasteiger partial charge >= 0.3 is 0 Å². The Morgan fingerprint density at radius 3 is 2.29 bits per heavy atom. The van der Waals surface area contributed by atoms with E-state index in [1.165, 1.54) is 15.7 Å². The van der Waals surface area contributed by atoms with Gasteiger partial charge < -0.3 is 5.73 Å². The van der Waals surface area contributed by atoms with Gasteiger partial charge in [0.25, 0.3) is 0 Å². The Bertz CT molecular complexity index is 783. The number of rotatable bonds is 3. The lowest BCUT2D eigenvalue weighted by Crippen LogP contribution is -2.05. The van der Waals surface area contributed by atoms with Crippen LogP contribution in [0.1, 0.15) is 18.5 Å². The Balaban J connectivity index is 1.89. The highest BCUT2D eigenvalue weighted by Gasteiger charge is 2.07. The fourth-order valence-electron chi connectivity index (χ4n) is 2.31. The van der Waals surface area contributed by atoms with Crippen molar-refractivity contribution in [2.75, 3.05) is 0 Å². The van der Waals surface area contributed by atoms with Crippen LogP contribution in [0.3, 0.4) is 0 Å². The van der Waals surface area contributed by atoms with Gasteiger partial charge in [0, 0.05) is 20.9 Å². The van der Waals surface area contributed by atoms with Gasteiger partial charge in [0.2, 0.25) is 0 Å². The predicted molar refractivity (Wildman–Crippen MR) is 92.1 cm³/mol. The molecule has 0 saturated heterocycles. The second kappa shape index (κ2) is 6.10. The third kappa shape index (κ3) is 3.24. The van der Waals surface area contributed by atoms with E-state index in [0.717, 1.165) is 15.5 Å². The van der Waals surface area contributed by atoms with Crippen LogP contribution in [0.25, 0.3) is 10.8 Å². The lowest BCUT2D eigenvalue weighted by Gasteiger charge is -2.10. The van der Waals surface area contributed by atoms with Gasteiger partial charge in [-0.3, -0.25) is 0 Å². The molecule has 0 amide bonds. The summed E-state index contributed by atoms with van der Waals surface area (Å²) in [4.78, 5) is 2.33. The molecule has 3 heteroatoms. The molecule has 3 aromatic carbocycles. The minimum Gasteiger partial charge on any atom is -0.324 e. The van der Waals surface area contributed by atoms with Crippen LogP contribution >= 0.6 is 23.4 Å². The molecule has 0 fully saturated rings. The van der Waals surface area contributed by atoms with Crippen LogP contribution in [-0.2, 0) is 0 Å². The maximum Gasteiger partial charge on any atom is 0.0464 e. The second-order valence-electron chi connectivity index (χ2n) is 5.08. The van der Waals surface area contributed by atoms with Gasteiger partial charge in [-0.25, -0.2) is 0 Å². The molecule has 0 saturated carbocycles. The largest absolute Gasteiger partial charge is 0.324 e. The first-order valence-electron chi connectivity index (χ1n) is 6.85.